The smallest absolute Gasteiger partial charge is 0.341 e. The molecule has 1 heterocycles. The van der Waals surface area contributed by atoms with Gasteiger partial charge >= 0.3 is 5.97 Å². The van der Waals surface area contributed by atoms with Crippen molar-refractivity contribution >= 4 is 11.5 Å². The second kappa shape index (κ2) is 7.61. The molecule has 130 valence electrons. The Morgan fingerprint density at radius 2 is 2.08 bits per heavy atom. The normalized spacial score (nSPS) is 13.6. The summed E-state index contributed by atoms with van der Waals surface area (Å²) in [7, 11) is 1.21. The van der Waals surface area contributed by atoms with Gasteiger partial charge in [0.25, 0.3) is 0 Å². The van der Waals surface area contributed by atoms with E-state index >= 15 is 0 Å². The topological polar surface area (TPSA) is 68.7 Å². The lowest BCUT2D eigenvalue weighted by Crippen LogP contribution is -2.11. The number of methoxy groups -OCH3 is 1. The number of carbonyl (C=O) groups is 1. The third kappa shape index (κ3) is 4.03. The van der Waals surface area contributed by atoms with E-state index < -0.39 is 11.6 Å². The van der Waals surface area contributed by atoms with Gasteiger partial charge in [-0.15, -0.1) is 0 Å². The number of benzene rings is 1. The summed E-state index contributed by atoms with van der Waals surface area (Å²) >= 11 is 0. The highest BCUT2D eigenvalue weighted by molar-refractivity contribution is 6.16. The largest absolute Gasteiger partial charge is 0.515 e. The number of halogens is 1. The number of rotatable bonds is 6. The van der Waals surface area contributed by atoms with Crippen molar-refractivity contribution in [3.05, 3.63) is 72.6 Å². The Morgan fingerprint density at radius 3 is 2.72 bits per heavy atom. The summed E-state index contributed by atoms with van der Waals surface area (Å²) in [6.07, 6.45) is 3.25. The van der Waals surface area contributed by atoms with Crippen LogP contribution in [0.15, 0.2) is 61.5 Å². The number of nitrogens with zero attached hydrogens (tertiary/aromatic N) is 1. The van der Waals surface area contributed by atoms with Crippen LogP contribution in [0.2, 0.25) is 0 Å². The van der Waals surface area contributed by atoms with Crippen molar-refractivity contribution in [3.8, 4) is 11.6 Å². The molecule has 2 aromatic rings. The van der Waals surface area contributed by atoms with Crippen LogP contribution in [-0.4, -0.2) is 23.2 Å². The van der Waals surface area contributed by atoms with Crippen LogP contribution in [0.4, 0.5) is 4.39 Å². The molecule has 5 nitrogen and oxygen atoms in total. The van der Waals surface area contributed by atoms with Gasteiger partial charge in [-0.1, -0.05) is 30.9 Å². The molecule has 1 aromatic carbocycles. The van der Waals surface area contributed by atoms with Gasteiger partial charge in [-0.3, -0.25) is 0 Å². The predicted molar refractivity (Wildman–Crippen MR) is 92.0 cm³/mol. The number of hydrogen-bond acceptors (Lipinski definition) is 5. The molecule has 6 heteroatoms. The molecule has 0 saturated heterocycles. The fourth-order valence-electron chi connectivity index (χ4n) is 2.12. The van der Waals surface area contributed by atoms with Crippen molar-refractivity contribution in [2.75, 3.05) is 7.11 Å². The molecule has 2 rings (SSSR count). The van der Waals surface area contributed by atoms with Crippen LogP contribution in [0.1, 0.15) is 18.1 Å². The van der Waals surface area contributed by atoms with E-state index in [-0.39, 0.29) is 17.2 Å². The molecule has 1 N–H and O–H groups in total. The molecule has 0 bridgehead atoms. The molecule has 0 fully saturated rings. The molecule has 1 unspecified atom stereocenters. The number of para-hydroxylation sites is 1. The van der Waals surface area contributed by atoms with Gasteiger partial charge in [0.1, 0.15) is 11.3 Å². The first-order chi connectivity index (χ1) is 11.9. The Balaban J connectivity index is 2.41. The Bertz CT molecular complexity index is 815. The fraction of sp³-hybridized carbons (Fsp3) is 0.158. The van der Waals surface area contributed by atoms with Crippen LogP contribution >= 0.6 is 0 Å². The second-order valence-electron chi connectivity index (χ2n) is 5.30. The maximum Gasteiger partial charge on any atom is 0.341 e. The lowest BCUT2D eigenvalue weighted by molar-refractivity contribution is -0.133. The summed E-state index contributed by atoms with van der Waals surface area (Å²) in [5.41, 5.74) is -1.16. The van der Waals surface area contributed by atoms with Gasteiger partial charge in [0.2, 0.25) is 5.88 Å². The number of pyridine rings is 1. The Kier molecular flexibility index (Phi) is 5.54. The van der Waals surface area contributed by atoms with E-state index in [0.717, 1.165) is 0 Å². The van der Waals surface area contributed by atoms with E-state index in [1.165, 1.54) is 38.4 Å². The fourth-order valence-corrected chi connectivity index (χ4v) is 2.12. The molecule has 0 saturated carbocycles. The van der Waals surface area contributed by atoms with E-state index in [4.69, 9.17) is 4.74 Å². The Hall–Kier alpha value is -3.15. The first-order valence-electron chi connectivity index (χ1n) is 7.42. The number of esters is 1. The van der Waals surface area contributed by atoms with Crippen molar-refractivity contribution in [1.82, 2.24) is 4.98 Å². The maximum atomic E-state index is 14.4. The Labute approximate surface area is 145 Å². The van der Waals surface area contributed by atoms with Gasteiger partial charge in [0.05, 0.1) is 13.4 Å². The molecule has 0 aliphatic carbocycles. The minimum atomic E-state index is -1.73. The van der Waals surface area contributed by atoms with Gasteiger partial charge in [-0.2, -0.15) is 0 Å². The molecule has 0 aliphatic heterocycles. The summed E-state index contributed by atoms with van der Waals surface area (Å²) in [4.78, 5) is 15.8. The number of aliphatic hydroxyl groups excluding tert-OH is 1. The van der Waals surface area contributed by atoms with E-state index in [1.54, 1.807) is 24.3 Å². The molecule has 0 spiro atoms. The van der Waals surface area contributed by atoms with Crippen molar-refractivity contribution in [2.24, 2.45) is 0 Å². The summed E-state index contributed by atoms with van der Waals surface area (Å²) < 4.78 is 24.7. The second-order valence-corrected chi connectivity index (χ2v) is 5.30. The average molecular weight is 343 g/mol. The maximum absolute atomic E-state index is 14.4. The number of ether oxygens (including phenoxy) is 2. The van der Waals surface area contributed by atoms with E-state index in [2.05, 4.69) is 16.3 Å². The summed E-state index contributed by atoms with van der Waals surface area (Å²) in [6, 6.07) is 9.51. The molecule has 25 heavy (non-hydrogen) atoms. The molecule has 0 aliphatic rings. The lowest BCUT2D eigenvalue weighted by Gasteiger charge is -2.17. The number of aliphatic hydroxyl groups is 1. The number of aromatic nitrogens is 1. The van der Waals surface area contributed by atoms with E-state index in [0.29, 0.717) is 17.4 Å². The molecular weight excluding hydrogens is 325 g/mol. The van der Waals surface area contributed by atoms with Gasteiger partial charge in [-0.25, -0.2) is 14.2 Å². The van der Waals surface area contributed by atoms with Crippen LogP contribution in [-0.2, 0) is 15.2 Å². The van der Waals surface area contributed by atoms with Gasteiger partial charge < -0.3 is 14.6 Å². The van der Waals surface area contributed by atoms with Crippen molar-refractivity contribution in [1.29, 1.82) is 0 Å². The molecule has 1 atom stereocenters. The zero-order chi connectivity index (χ0) is 18.4. The predicted octanol–water partition coefficient (Wildman–Crippen LogP) is 4.32. The zero-order valence-electron chi connectivity index (χ0n) is 13.9. The van der Waals surface area contributed by atoms with Crippen LogP contribution in [0, 0.1) is 0 Å². The summed E-state index contributed by atoms with van der Waals surface area (Å²) in [5, 5.41) is 9.36. The third-order valence-corrected chi connectivity index (χ3v) is 3.61. The van der Waals surface area contributed by atoms with Crippen LogP contribution in [0.3, 0.4) is 0 Å². The average Bonchev–Trinajstić information content (AvgIpc) is 2.63. The SMILES string of the molecule is C=CC(C)(F)c1ccnc(Oc2ccccc2/C(=C\O)C(=O)OC)c1. The molecule has 1 aromatic heterocycles. The molecular formula is C19H18FNO4. The quantitative estimate of drug-likeness (QED) is 0.366. The summed E-state index contributed by atoms with van der Waals surface area (Å²) in [5.74, 6) is -0.321. The van der Waals surface area contributed by atoms with Gasteiger partial charge in [0.15, 0.2) is 5.67 Å². The highest BCUT2D eigenvalue weighted by Gasteiger charge is 2.23. The monoisotopic (exact) mass is 343 g/mol. The van der Waals surface area contributed by atoms with E-state index in [1.807, 2.05) is 0 Å². The number of hydrogen-bond donors (Lipinski definition) is 1. The standard InChI is InChI=1S/C19H18FNO4/c1-4-19(2,20)13-9-10-21-17(11-13)25-16-8-6-5-7-14(16)15(12-22)18(23)24-3/h4-12,22H,1H2,2-3H3/b15-12+. The number of carbonyl (C=O) groups excluding carboxylic acids is 1. The van der Waals surface area contributed by atoms with Crippen LogP contribution < -0.4 is 4.74 Å². The minimum absolute atomic E-state index is 0.0734. The van der Waals surface area contributed by atoms with Crippen LogP contribution in [0.5, 0.6) is 11.6 Å². The lowest BCUT2D eigenvalue weighted by atomic mass is 9.99. The minimum Gasteiger partial charge on any atom is -0.515 e. The number of allylic oxidation sites excluding steroid dienone is 1. The number of alkyl halides is 1. The first-order valence-corrected chi connectivity index (χ1v) is 7.42. The Morgan fingerprint density at radius 1 is 1.36 bits per heavy atom. The highest BCUT2D eigenvalue weighted by atomic mass is 19.1. The van der Waals surface area contributed by atoms with Gasteiger partial charge in [-0.05, 0) is 24.6 Å². The van der Waals surface area contributed by atoms with Crippen LogP contribution in [0.25, 0.3) is 5.57 Å². The van der Waals surface area contributed by atoms with Gasteiger partial charge in [0, 0.05) is 17.8 Å². The third-order valence-electron chi connectivity index (χ3n) is 3.61. The highest BCUT2D eigenvalue weighted by Crippen LogP contribution is 2.32. The van der Waals surface area contributed by atoms with E-state index in [9.17, 15) is 14.3 Å². The van der Waals surface area contributed by atoms with Crippen molar-refractivity contribution in [2.45, 2.75) is 12.6 Å². The van der Waals surface area contributed by atoms with Crippen molar-refractivity contribution < 1.29 is 23.8 Å². The first kappa shape index (κ1) is 18.2. The molecule has 0 radical (unpaired) electrons. The molecule has 0 amide bonds. The summed E-state index contributed by atoms with van der Waals surface area (Å²) in [6.45, 7) is 4.85. The zero-order valence-corrected chi connectivity index (χ0v) is 13.9. The van der Waals surface area contributed by atoms with Crippen molar-refractivity contribution in [3.63, 3.8) is 0 Å².